The molecule has 0 unspecified atom stereocenters. The number of benzene rings is 1. The molecule has 0 saturated carbocycles. The highest BCUT2D eigenvalue weighted by Crippen LogP contribution is 2.43. The van der Waals surface area contributed by atoms with Gasteiger partial charge in [-0.25, -0.2) is 4.39 Å². The number of hydrogen-bond donors (Lipinski definition) is 1. The topological polar surface area (TPSA) is 15.3 Å². The Bertz CT molecular complexity index is 454. The second-order valence-electron chi connectivity index (χ2n) is 6.01. The summed E-state index contributed by atoms with van der Waals surface area (Å²) in [5, 5.41) is 3.02. The molecular weight excluding hydrogens is 227 g/mol. The zero-order valence-corrected chi connectivity index (χ0v) is 12.0. The van der Waals surface area contributed by atoms with Gasteiger partial charge in [0.1, 0.15) is 5.82 Å². The van der Waals surface area contributed by atoms with Crippen molar-refractivity contribution in [3.05, 3.63) is 29.1 Å². The summed E-state index contributed by atoms with van der Waals surface area (Å²) in [7, 11) is 3.90. The summed E-state index contributed by atoms with van der Waals surface area (Å²) >= 11 is 0. The molecule has 0 aliphatic carbocycles. The lowest BCUT2D eigenvalue weighted by molar-refractivity contribution is 0.393. The highest BCUT2D eigenvalue weighted by Gasteiger charge is 2.34. The van der Waals surface area contributed by atoms with E-state index in [0.29, 0.717) is 12.5 Å². The summed E-state index contributed by atoms with van der Waals surface area (Å²) in [4.78, 5) is 2.20. The third kappa shape index (κ3) is 2.12. The minimum absolute atomic E-state index is 0.0867. The first kappa shape index (κ1) is 13.3. The van der Waals surface area contributed by atoms with E-state index in [9.17, 15) is 4.39 Å². The summed E-state index contributed by atoms with van der Waals surface area (Å²) in [6, 6.07) is 3.72. The molecule has 100 valence electrons. The fourth-order valence-electron chi connectivity index (χ4n) is 2.96. The van der Waals surface area contributed by atoms with Crippen LogP contribution in [0, 0.1) is 5.82 Å². The lowest BCUT2D eigenvalue weighted by Crippen LogP contribution is -2.45. The molecule has 1 atom stereocenters. The minimum Gasteiger partial charge on any atom is -0.369 e. The van der Waals surface area contributed by atoms with Gasteiger partial charge in [0, 0.05) is 30.4 Å². The van der Waals surface area contributed by atoms with Gasteiger partial charge in [-0.1, -0.05) is 6.92 Å². The maximum atomic E-state index is 14.1. The predicted octanol–water partition coefficient (Wildman–Crippen LogP) is 3.27. The van der Waals surface area contributed by atoms with E-state index in [0.717, 1.165) is 17.7 Å². The van der Waals surface area contributed by atoms with Crippen LogP contribution in [0.25, 0.3) is 0 Å². The van der Waals surface area contributed by atoms with Crippen LogP contribution in [0.2, 0.25) is 0 Å². The number of hydrogen-bond acceptors (Lipinski definition) is 2. The van der Waals surface area contributed by atoms with Gasteiger partial charge in [-0.05, 0) is 50.9 Å². The SMILES string of the molecule is CNCc1cc2c(cc1F)N(C)C(C)(C)C[C@H]2C. The number of halogens is 1. The van der Waals surface area contributed by atoms with Gasteiger partial charge in [-0.2, -0.15) is 0 Å². The Kier molecular flexibility index (Phi) is 3.37. The Morgan fingerprint density at radius 1 is 1.44 bits per heavy atom. The zero-order chi connectivity index (χ0) is 13.5. The van der Waals surface area contributed by atoms with Gasteiger partial charge in [0.2, 0.25) is 0 Å². The molecule has 18 heavy (non-hydrogen) atoms. The van der Waals surface area contributed by atoms with Gasteiger partial charge in [-0.15, -0.1) is 0 Å². The van der Waals surface area contributed by atoms with E-state index >= 15 is 0 Å². The molecule has 1 aliphatic rings. The van der Waals surface area contributed by atoms with Crippen molar-refractivity contribution >= 4 is 5.69 Å². The van der Waals surface area contributed by atoms with Crippen LogP contribution in [0.15, 0.2) is 12.1 Å². The number of nitrogens with one attached hydrogen (secondary N) is 1. The van der Waals surface area contributed by atoms with Crippen molar-refractivity contribution in [1.82, 2.24) is 5.32 Å². The van der Waals surface area contributed by atoms with Crippen LogP contribution in [0.4, 0.5) is 10.1 Å². The Balaban J connectivity index is 2.51. The van der Waals surface area contributed by atoms with Crippen LogP contribution in [-0.4, -0.2) is 19.6 Å². The van der Waals surface area contributed by atoms with Gasteiger partial charge >= 0.3 is 0 Å². The number of nitrogens with zero attached hydrogens (tertiary/aromatic N) is 1. The van der Waals surface area contributed by atoms with E-state index in [2.05, 4.69) is 38.0 Å². The monoisotopic (exact) mass is 250 g/mol. The highest BCUT2D eigenvalue weighted by molar-refractivity contribution is 5.60. The van der Waals surface area contributed by atoms with E-state index in [1.807, 2.05) is 13.1 Å². The zero-order valence-electron chi connectivity index (χ0n) is 12.0. The summed E-state index contributed by atoms with van der Waals surface area (Å²) in [6.07, 6.45) is 1.10. The second-order valence-corrected chi connectivity index (χ2v) is 6.01. The van der Waals surface area contributed by atoms with E-state index in [-0.39, 0.29) is 11.4 Å². The molecule has 0 saturated heterocycles. The van der Waals surface area contributed by atoms with Gasteiger partial charge in [0.05, 0.1) is 0 Å². The first-order valence-corrected chi connectivity index (χ1v) is 6.57. The normalized spacial score (nSPS) is 21.9. The molecule has 1 N–H and O–H groups in total. The third-order valence-electron chi connectivity index (χ3n) is 4.17. The van der Waals surface area contributed by atoms with Crippen molar-refractivity contribution < 1.29 is 4.39 Å². The van der Waals surface area contributed by atoms with Crippen molar-refractivity contribution in [3.8, 4) is 0 Å². The van der Waals surface area contributed by atoms with E-state index in [1.165, 1.54) is 5.56 Å². The molecule has 2 rings (SSSR count). The maximum absolute atomic E-state index is 14.1. The number of fused-ring (bicyclic) bond motifs is 1. The summed E-state index contributed by atoms with van der Waals surface area (Å²) in [5.74, 6) is 0.363. The average Bonchev–Trinajstić information content (AvgIpc) is 2.28. The third-order valence-corrected chi connectivity index (χ3v) is 4.17. The highest BCUT2D eigenvalue weighted by atomic mass is 19.1. The molecule has 0 spiro atoms. The van der Waals surface area contributed by atoms with Crippen LogP contribution >= 0.6 is 0 Å². The Morgan fingerprint density at radius 3 is 2.72 bits per heavy atom. The smallest absolute Gasteiger partial charge is 0.129 e. The predicted molar refractivity (Wildman–Crippen MR) is 74.7 cm³/mol. The molecule has 0 amide bonds. The lowest BCUT2D eigenvalue weighted by Gasteiger charge is -2.45. The molecule has 1 aliphatic heterocycles. The van der Waals surface area contributed by atoms with Crippen LogP contribution in [0.3, 0.4) is 0 Å². The standard InChI is InChI=1S/C15H23FN2/c1-10-8-15(2,3)18(5)14-7-13(16)11(9-17-4)6-12(10)14/h6-7,10,17H,8-9H2,1-5H3/t10-/m1/s1. The van der Waals surface area contributed by atoms with Crippen molar-refractivity contribution in [2.75, 3.05) is 19.0 Å². The molecule has 0 aromatic heterocycles. The van der Waals surface area contributed by atoms with Gasteiger partial charge in [-0.3, -0.25) is 0 Å². The van der Waals surface area contributed by atoms with Crippen LogP contribution in [0.5, 0.6) is 0 Å². The Labute approximate surface area is 109 Å². The van der Waals surface area contributed by atoms with Gasteiger partial charge in [0.15, 0.2) is 0 Å². The second kappa shape index (κ2) is 4.54. The maximum Gasteiger partial charge on any atom is 0.129 e. The minimum atomic E-state index is -0.111. The molecule has 0 bridgehead atoms. The number of anilines is 1. The molecule has 0 fully saturated rings. The molecular formula is C15H23FN2. The molecule has 2 nitrogen and oxygen atoms in total. The van der Waals surface area contributed by atoms with Crippen molar-refractivity contribution in [3.63, 3.8) is 0 Å². The average molecular weight is 250 g/mol. The van der Waals surface area contributed by atoms with Crippen LogP contribution in [0.1, 0.15) is 44.2 Å². The van der Waals surface area contributed by atoms with Crippen LogP contribution in [-0.2, 0) is 6.54 Å². The Hall–Kier alpha value is -1.09. The van der Waals surface area contributed by atoms with Gasteiger partial charge in [0.25, 0.3) is 0 Å². The Morgan fingerprint density at radius 2 is 2.11 bits per heavy atom. The molecule has 1 aromatic carbocycles. The van der Waals surface area contributed by atoms with Crippen molar-refractivity contribution in [1.29, 1.82) is 0 Å². The fourth-order valence-corrected chi connectivity index (χ4v) is 2.96. The number of rotatable bonds is 2. The molecule has 1 aromatic rings. The molecule has 3 heteroatoms. The largest absolute Gasteiger partial charge is 0.369 e. The lowest BCUT2D eigenvalue weighted by atomic mass is 9.80. The molecule has 0 radical (unpaired) electrons. The summed E-state index contributed by atoms with van der Waals surface area (Å²) in [5.41, 5.74) is 3.15. The fraction of sp³-hybridized carbons (Fsp3) is 0.600. The van der Waals surface area contributed by atoms with Crippen molar-refractivity contribution in [2.24, 2.45) is 0 Å². The van der Waals surface area contributed by atoms with E-state index in [1.54, 1.807) is 6.07 Å². The quantitative estimate of drug-likeness (QED) is 0.866. The summed E-state index contributed by atoms with van der Waals surface area (Å²) < 4.78 is 14.1. The first-order chi connectivity index (χ1) is 8.36. The van der Waals surface area contributed by atoms with Crippen LogP contribution < -0.4 is 10.2 Å². The first-order valence-electron chi connectivity index (χ1n) is 6.57. The van der Waals surface area contributed by atoms with E-state index in [4.69, 9.17) is 0 Å². The molecule has 1 heterocycles. The van der Waals surface area contributed by atoms with Gasteiger partial charge < -0.3 is 10.2 Å². The summed E-state index contributed by atoms with van der Waals surface area (Å²) in [6.45, 7) is 7.24. The van der Waals surface area contributed by atoms with E-state index < -0.39 is 0 Å². The van der Waals surface area contributed by atoms with Crippen molar-refractivity contribution in [2.45, 2.75) is 45.2 Å².